The SMILES string of the molecule is Cc1ncc(C(CN)N(C)C)[nH]1. The molecule has 0 radical (unpaired) electrons. The van der Waals surface area contributed by atoms with Crippen molar-refractivity contribution >= 4 is 0 Å². The highest BCUT2D eigenvalue weighted by atomic mass is 15.1. The van der Waals surface area contributed by atoms with Gasteiger partial charge in [0.1, 0.15) is 5.82 Å². The fourth-order valence-electron chi connectivity index (χ4n) is 1.23. The molecule has 4 nitrogen and oxygen atoms in total. The lowest BCUT2D eigenvalue weighted by atomic mass is 10.2. The van der Waals surface area contributed by atoms with Gasteiger partial charge in [0, 0.05) is 12.7 Å². The molecule has 1 unspecified atom stereocenters. The second kappa shape index (κ2) is 3.69. The van der Waals surface area contributed by atoms with Gasteiger partial charge in [0.05, 0.1) is 11.7 Å². The van der Waals surface area contributed by atoms with E-state index < -0.39 is 0 Å². The van der Waals surface area contributed by atoms with E-state index >= 15 is 0 Å². The van der Waals surface area contributed by atoms with Crippen molar-refractivity contribution in [3.63, 3.8) is 0 Å². The van der Waals surface area contributed by atoms with E-state index in [1.165, 1.54) is 0 Å². The highest BCUT2D eigenvalue weighted by Gasteiger charge is 2.13. The van der Waals surface area contributed by atoms with Gasteiger partial charge in [-0.25, -0.2) is 4.98 Å². The van der Waals surface area contributed by atoms with Gasteiger partial charge in [0.2, 0.25) is 0 Å². The monoisotopic (exact) mass is 168 g/mol. The molecule has 0 amide bonds. The van der Waals surface area contributed by atoms with E-state index in [0.717, 1.165) is 11.5 Å². The van der Waals surface area contributed by atoms with Gasteiger partial charge in [0.25, 0.3) is 0 Å². The zero-order chi connectivity index (χ0) is 9.14. The molecule has 0 aliphatic rings. The van der Waals surface area contributed by atoms with E-state index in [-0.39, 0.29) is 6.04 Å². The summed E-state index contributed by atoms with van der Waals surface area (Å²) in [6, 6.07) is 0.242. The number of nitrogens with zero attached hydrogens (tertiary/aromatic N) is 2. The number of imidazole rings is 1. The highest BCUT2D eigenvalue weighted by molar-refractivity contribution is 5.06. The van der Waals surface area contributed by atoms with Gasteiger partial charge in [-0.2, -0.15) is 0 Å². The van der Waals surface area contributed by atoms with Crippen molar-refractivity contribution in [1.29, 1.82) is 0 Å². The number of nitrogens with two attached hydrogens (primary N) is 1. The van der Waals surface area contributed by atoms with E-state index in [9.17, 15) is 0 Å². The number of rotatable bonds is 3. The first-order valence-electron chi connectivity index (χ1n) is 4.03. The van der Waals surface area contributed by atoms with Crippen LogP contribution in [0.25, 0.3) is 0 Å². The molecule has 0 aliphatic carbocycles. The van der Waals surface area contributed by atoms with E-state index in [2.05, 4.69) is 14.9 Å². The normalized spacial score (nSPS) is 13.8. The van der Waals surface area contributed by atoms with Gasteiger partial charge in [-0.15, -0.1) is 0 Å². The number of nitrogens with one attached hydrogen (secondary N) is 1. The van der Waals surface area contributed by atoms with Crippen LogP contribution in [0.5, 0.6) is 0 Å². The molecule has 0 saturated heterocycles. The third-order valence-electron chi connectivity index (χ3n) is 1.93. The summed E-state index contributed by atoms with van der Waals surface area (Å²) in [6.07, 6.45) is 1.84. The third-order valence-corrected chi connectivity index (χ3v) is 1.93. The van der Waals surface area contributed by atoms with Crippen molar-refractivity contribution in [2.45, 2.75) is 13.0 Å². The predicted molar refractivity (Wildman–Crippen MR) is 48.8 cm³/mol. The molecule has 1 heterocycles. The Morgan fingerprint density at radius 1 is 1.67 bits per heavy atom. The number of likely N-dealkylation sites (N-methyl/N-ethyl adjacent to an activating group) is 1. The summed E-state index contributed by atoms with van der Waals surface area (Å²) in [7, 11) is 4.02. The Labute approximate surface area is 72.8 Å². The molecule has 0 saturated carbocycles. The van der Waals surface area contributed by atoms with Gasteiger partial charge in [-0.05, 0) is 21.0 Å². The Morgan fingerprint density at radius 2 is 2.33 bits per heavy atom. The van der Waals surface area contributed by atoms with Crippen molar-refractivity contribution in [2.24, 2.45) is 5.73 Å². The molecule has 0 fully saturated rings. The number of aryl methyl sites for hydroxylation is 1. The van der Waals surface area contributed by atoms with Crippen LogP contribution in [0.1, 0.15) is 17.6 Å². The maximum absolute atomic E-state index is 5.63. The molecule has 1 rings (SSSR count). The minimum absolute atomic E-state index is 0.242. The summed E-state index contributed by atoms with van der Waals surface area (Å²) in [4.78, 5) is 9.38. The zero-order valence-electron chi connectivity index (χ0n) is 7.83. The fraction of sp³-hybridized carbons (Fsp3) is 0.625. The maximum Gasteiger partial charge on any atom is 0.103 e. The van der Waals surface area contributed by atoms with Crippen LogP contribution in [0.15, 0.2) is 6.20 Å². The Morgan fingerprint density at radius 3 is 2.67 bits per heavy atom. The minimum Gasteiger partial charge on any atom is -0.345 e. The number of hydrogen-bond donors (Lipinski definition) is 2. The summed E-state index contributed by atoms with van der Waals surface area (Å²) in [5.41, 5.74) is 6.71. The Bertz CT molecular complexity index is 241. The van der Waals surface area contributed by atoms with Crippen LogP contribution in [0.2, 0.25) is 0 Å². The van der Waals surface area contributed by atoms with Crippen LogP contribution in [0.3, 0.4) is 0 Å². The second-order valence-electron chi connectivity index (χ2n) is 3.14. The molecular formula is C8H16N4. The van der Waals surface area contributed by atoms with Crippen LogP contribution in [0.4, 0.5) is 0 Å². The summed E-state index contributed by atoms with van der Waals surface area (Å²) >= 11 is 0. The van der Waals surface area contributed by atoms with Gasteiger partial charge in [-0.1, -0.05) is 0 Å². The third kappa shape index (κ3) is 1.84. The molecule has 3 N–H and O–H groups in total. The van der Waals surface area contributed by atoms with Crippen molar-refractivity contribution in [2.75, 3.05) is 20.6 Å². The first-order chi connectivity index (χ1) is 5.65. The number of H-pyrrole nitrogens is 1. The van der Waals surface area contributed by atoms with Crippen molar-refractivity contribution in [3.05, 3.63) is 17.7 Å². The average molecular weight is 168 g/mol. The lowest BCUT2D eigenvalue weighted by Gasteiger charge is -2.20. The Kier molecular flexibility index (Phi) is 2.83. The lowest BCUT2D eigenvalue weighted by molar-refractivity contribution is 0.301. The van der Waals surface area contributed by atoms with Gasteiger partial charge in [-0.3, -0.25) is 4.90 Å². The first-order valence-corrected chi connectivity index (χ1v) is 4.03. The molecule has 0 aromatic carbocycles. The summed E-state index contributed by atoms with van der Waals surface area (Å²) in [5.74, 6) is 0.935. The van der Waals surface area contributed by atoms with Gasteiger partial charge in [0.15, 0.2) is 0 Å². The topological polar surface area (TPSA) is 57.9 Å². The van der Waals surface area contributed by atoms with Gasteiger partial charge < -0.3 is 10.7 Å². The molecule has 1 aromatic heterocycles. The van der Waals surface area contributed by atoms with Crippen LogP contribution < -0.4 is 5.73 Å². The molecule has 0 aliphatic heterocycles. The van der Waals surface area contributed by atoms with Crippen LogP contribution in [-0.4, -0.2) is 35.5 Å². The summed E-state index contributed by atoms with van der Waals surface area (Å²) < 4.78 is 0. The minimum atomic E-state index is 0.242. The van der Waals surface area contributed by atoms with Crippen molar-refractivity contribution in [1.82, 2.24) is 14.9 Å². The average Bonchev–Trinajstić information content (AvgIpc) is 2.37. The highest BCUT2D eigenvalue weighted by Crippen LogP contribution is 2.13. The fourth-order valence-corrected chi connectivity index (χ4v) is 1.23. The summed E-state index contributed by atoms with van der Waals surface area (Å²) in [6.45, 7) is 2.54. The van der Waals surface area contributed by atoms with Gasteiger partial charge >= 0.3 is 0 Å². The predicted octanol–water partition coefficient (Wildman–Crippen LogP) is 0.280. The van der Waals surface area contributed by atoms with Crippen molar-refractivity contribution < 1.29 is 0 Å². The van der Waals surface area contributed by atoms with E-state index in [1.807, 2.05) is 27.2 Å². The van der Waals surface area contributed by atoms with Crippen LogP contribution in [0, 0.1) is 6.92 Å². The molecule has 12 heavy (non-hydrogen) atoms. The largest absolute Gasteiger partial charge is 0.345 e. The first kappa shape index (κ1) is 9.22. The lowest BCUT2D eigenvalue weighted by Crippen LogP contribution is -2.27. The molecular weight excluding hydrogens is 152 g/mol. The standard InChI is InChI=1S/C8H16N4/c1-6-10-5-7(11-6)8(4-9)12(2)3/h5,8H,4,9H2,1-3H3,(H,10,11). The Balaban J connectivity index is 2.80. The molecule has 1 aromatic rings. The molecule has 0 spiro atoms. The number of aromatic amines is 1. The van der Waals surface area contributed by atoms with Crippen molar-refractivity contribution in [3.8, 4) is 0 Å². The maximum atomic E-state index is 5.63. The van der Waals surface area contributed by atoms with E-state index in [1.54, 1.807) is 0 Å². The quantitative estimate of drug-likeness (QED) is 0.681. The zero-order valence-corrected chi connectivity index (χ0v) is 7.83. The smallest absolute Gasteiger partial charge is 0.103 e. The number of aromatic nitrogens is 2. The summed E-state index contributed by atoms with van der Waals surface area (Å²) in [5, 5.41) is 0. The molecule has 68 valence electrons. The van der Waals surface area contributed by atoms with Crippen LogP contribution >= 0.6 is 0 Å². The second-order valence-corrected chi connectivity index (χ2v) is 3.14. The number of hydrogen-bond acceptors (Lipinski definition) is 3. The molecule has 1 atom stereocenters. The Hall–Kier alpha value is -0.870. The van der Waals surface area contributed by atoms with Crippen LogP contribution in [-0.2, 0) is 0 Å². The molecule has 0 bridgehead atoms. The molecule has 4 heteroatoms. The van der Waals surface area contributed by atoms with E-state index in [0.29, 0.717) is 6.54 Å². The van der Waals surface area contributed by atoms with E-state index in [4.69, 9.17) is 5.73 Å².